The first-order valence-corrected chi connectivity index (χ1v) is 10.6. The second-order valence-electron chi connectivity index (χ2n) is 7.65. The summed E-state index contributed by atoms with van der Waals surface area (Å²) in [6, 6.07) is 4.06. The Balaban J connectivity index is 1.40. The maximum Gasteiger partial charge on any atom is 0.278 e. The molecule has 1 aliphatic carbocycles. The molecule has 2 N–H and O–H groups in total. The van der Waals surface area contributed by atoms with Gasteiger partial charge in [-0.05, 0) is 31.4 Å². The zero-order valence-corrected chi connectivity index (χ0v) is 17.9. The van der Waals surface area contributed by atoms with Gasteiger partial charge in [-0.3, -0.25) is 4.98 Å². The standard InChI is InChI=1S/C22H23N9O/c1-3-24-18-13-26-17(12-27-18)19-30-20(31-32-19)22(7-4-8-22)15-5-6-16(25-11-15)14-9-28-21(23-2)29-10-14/h5-6,9-13H,3-4,7-8H2,1-2H3,(H,24,27)(H,23,28,29). The predicted octanol–water partition coefficient (Wildman–Crippen LogP) is 3.32. The molecule has 10 heteroatoms. The third-order valence-electron chi connectivity index (χ3n) is 5.78. The van der Waals surface area contributed by atoms with E-state index in [-0.39, 0.29) is 5.41 Å². The summed E-state index contributed by atoms with van der Waals surface area (Å²) in [5, 5.41) is 10.3. The van der Waals surface area contributed by atoms with Crippen LogP contribution in [0.5, 0.6) is 0 Å². The van der Waals surface area contributed by atoms with Crippen molar-refractivity contribution in [2.45, 2.75) is 31.6 Å². The molecule has 0 aromatic carbocycles. The Kier molecular flexibility index (Phi) is 5.18. The second kappa shape index (κ2) is 8.29. The average Bonchev–Trinajstić information content (AvgIpc) is 3.30. The highest BCUT2D eigenvalue weighted by Gasteiger charge is 2.45. The fraction of sp³-hybridized carbons (Fsp3) is 0.318. The lowest BCUT2D eigenvalue weighted by Gasteiger charge is -2.39. The van der Waals surface area contributed by atoms with Crippen molar-refractivity contribution in [2.24, 2.45) is 0 Å². The number of anilines is 2. The molecule has 0 aliphatic heterocycles. The molecule has 0 radical (unpaired) electrons. The molecule has 5 rings (SSSR count). The van der Waals surface area contributed by atoms with E-state index in [2.05, 4.69) is 51.8 Å². The summed E-state index contributed by atoms with van der Waals surface area (Å²) in [5.41, 5.74) is 3.01. The van der Waals surface area contributed by atoms with Crippen molar-refractivity contribution in [2.75, 3.05) is 24.2 Å². The summed E-state index contributed by atoms with van der Waals surface area (Å²) in [5.74, 6) is 2.32. The van der Waals surface area contributed by atoms with E-state index in [1.54, 1.807) is 31.8 Å². The number of pyridine rings is 1. The van der Waals surface area contributed by atoms with E-state index in [1.165, 1.54) is 0 Å². The monoisotopic (exact) mass is 429 g/mol. The summed E-state index contributed by atoms with van der Waals surface area (Å²) in [6.07, 6.45) is 11.7. The van der Waals surface area contributed by atoms with Crippen LogP contribution >= 0.6 is 0 Å². The molecule has 4 aromatic heterocycles. The lowest BCUT2D eigenvalue weighted by atomic mass is 9.64. The Morgan fingerprint density at radius 2 is 1.75 bits per heavy atom. The molecule has 162 valence electrons. The molecule has 1 saturated carbocycles. The van der Waals surface area contributed by atoms with E-state index in [4.69, 9.17) is 4.52 Å². The summed E-state index contributed by atoms with van der Waals surface area (Å²) < 4.78 is 5.54. The van der Waals surface area contributed by atoms with Gasteiger partial charge < -0.3 is 15.2 Å². The second-order valence-corrected chi connectivity index (χ2v) is 7.65. The minimum atomic E-state index is -0.295. The van der Waals surface area contributed by atoms with Crippen LogP contribution in [0.1, 0.15) is 37.6 Å². The minimum absolute atomic E-state index is 0.295. The first-order valence-electron chi connectivity index (χ1n) is 10.6. The summed E-state index contributed by atoms with van der Waals surface area (Å²) in [7, 11) is 1.79. The van der Waals surface area contributed by atoms with Crippen molar-refractivity contribution in [3.05, 3.63) is 54.5 Å². The number of hydrogen-bond acceptors (Lipinski definition) is 10. The fourth-order valence-electron chi connectivity index (χ4n) is 3.84. The maximum atomic E-state index is 5.54. The zero-order chi connectivity index (χ0) is 22.0. The molecule has 0 unspecified atom stereocenters. The molecule has 1 fully saturated rings. The third kappa shape index (κ3) is 3.53. The molecule has 1 aliphatic rings. The van der Waals surface area contributed by atoms with Gasteiger partial charge >= 0.3 is 0 Å². The van der Waals surface area contributed by atoms with Gasteiger partial charge in [0, 0.05) is 37.7 Å². The maximum absolute atomic E-state index is 5.54. The molecule has 32 heavy (non-hydrogen) atoms. The van der Waals surface area contributed by atoms with Crippen LogP contribution in [-0.2, 0) is 5.41 Å². The minimum Gasteiger partial charge on any atom is -0.369 e. The highest BCUT2D eigenvalue weighted by Crippen LogP contribution is 2.48. The van der Waals surface area contributed by atoms with Crippen LogP contribution in [-0.4, -0.2) is 48.7 Å². The van der Waals surface area contributed by atoms with Crippen molar-refractivity contribution in [3.63, 3.8) is 0 Å². The van der Waals surface area contributed by atoms with Gasteiger partial charge in [0.1, 0.15) is 11.5 Å². The van der Waals surface area contributed by atoms with Crippen LogP contribution in [0.3, 0.4) is 0 Å². The largest absolute Gasteiger partial charge is 0.369 e. The van der Waals surface area contributed by atoms with E-state index < -0.39 is 0 Å². The number of nitrogens with zero attached hydrogens (tertiary/aromatic N) is 7. The van der Waals surface area contributed by atoms with Gasteiger partial charge in [-0.2, -0.15) is 4.98 Å². The first-order chi connectivity index (χ1) is 15.7. The van der Waals surface area contributed by atoms with Gasteiger partial charge in [-0.15, -0.1) is 0 Å². The molecule has 0 atom stereocenters. The molecule has 0 bridgehead atoms. The van der Waals surface area contributed by atoms with Gasteiger partial charge in [0.2, 0.25) is 5.95 Å². The lowest BCUT2D eigenvalue weighted by Crippen LogP contribution is -2.36. The first kappa shape index (κ1) is 20.0. The van der Waals surface area contributed by atoms with Crippen molar-refractivity contribution < 1.29 is 4.52 Å². The van der Waals surface area contributed by atoms with Crippen molar-refractivity contribution in [1.82, 2.24) is 35.1 Å². The SMILES string of the molecule is CCNc1cnc(-c2nc(C3(c4ccc(-c5cnc(NC)nc5)nc4)CCC3)no2)cn1. The van der Waals surface area contributed by atoms with E-state index in [1.807, 2.05) is 19.2 Å². The molecule has 0 saturated heterocycles. The number of rotatable bonds is 7. The van der Waals surface area contributed by atoms with Crippen LogP contribution < -0.4 is 10.6 Å². The summed E-state index contributed by atoms with van der Waals surface area (Å²) in [4.78, 5) is 26.6. The fourth-order valence-corrected chi connectivity index (χ4v) is 3.84. The third-order valence-corrected chi connectivity index (χ3v) is 5.78. The highest BCUT2D eigenvalue weighted by atomic mass is 16.5. The van der Waals surface area contributed by atoms with Gasteiger partial charge in [-0.1, -0.05) is 17.6 Å². The predicted molar refractivity (Wildman–Crippen MR) is 119 cm³/mol. The van der Waals surface area contributed by atoms with Gasteiger partial charge in [0.05, 0.1) is 23.5 Å². The molecular formula is C22H23N9O. The zero-order valence-electron chi connectivity index (χ0n) is 17.9. The van der Waals surface area contributed by atoms with Gasteiger partial charge in [0.15, 0.2) is 5.82 Å². The number of nitrogens with one attached hydrogen (secondary N) is 2. The van der Waals surface area contributed by atoms with E-state index >= 15 is 0 Å². The van der Waals surface area contributed by atoms with Crippen molar-refractivity contribution in [1.29, 1.82) is 0 Å². The Morgan fingerprint density at radius 1 is 0.938 bits per heavy atom. The van der Waals surface area contributed by atoms with Crippen LogP contribution in [0.2, 0.25) is 0 Å². The molecule has 4 heterocycles. The Hall–Kier alpha value is -3.95. The van der Waals surface area contributed by atoms with E-state index in [9.17, 15) is 0 Å². The quantitative estimate of drug-likeness (QED) is 0.451. The number of hydrogen-bond donors (Lipinski definition) is 2. The Bertz CT molecular complexity index is 1180. The van der Waals surface area contributed by atoms with Crippen LogP contribution in [0.25, 0.3) is 22.8 Å². The van der Waals surface area contributed by atoms with Crippen LogP contribution in [0.15, 0.2) is 47.6 Å². The highest BCUT2D eigenvalue weighted by molar-refractivity contribution is 5.58. The average molecular weight is 429 g/mol. The molecule has 0 amide bonds. The van der Waals surface area contributed by atoms with Gasteiger partial charge in [0.25, 0.3) is 5.89 Å². The molecule has 4 aromatic rings. The van der Waals surface area contributed by atoms with Gasteiger partial charge in [-0.25, -0.2) is 19.9 Å². The Labute approximate surface area is 185 Å². The van der Waals surface area contributed by atoms with Crippen molar-refractivity contribution in [3.8, 4) is 22.8 Å². The normalized spacial score (nSPS) is 14.6. The topological polar surface area (TPSA) is 127 Å². The Morgan fingerprint density at radius 3 is 2.34 bits per heavy atom. The van der Waals surface area contributed by atoms with Crippen LogP contribution in [0, 0.1) is 0 Å². The molecule has 0 spiro atoms. The molecule has 10 nitrogen and oxygen atoms in total. The smallest absolute Gasteiger partial charge is 0.278 e. The van der Waals surface area contributed by atoms with E-state index in [0.717, 1.165) is 42.6 Å². The van der Waals surface area contributed by atoms with Crippen molar-refractivity contribution >= 4 is 11.8 Å². The summed E-state index contributed by atoms with van der Waals surface area (Å²) >= 11 is 0. The number of aromatic nitrogens is 7. The summed E-state index contributed by atoms with van der Waals surface area (Å²) in [6.45, 7) is 2.79. The van der Waals surface area contributed by atoms with E-state index in [0.29, 0.717) is 29.2 Å². The van der Waals surface area contributed by atoms with Crippen LogP contribution in [0.4, 0.5) is 11.8 Å². The lowest BCUT2D eigenvalue weighted by molar-refractivity contribution is 0.272. The molecular weight excluding hydrogens is 406 g/mol.